The number of benzene rings is 1. The van der Waals surface area contributed by atoms with Crippen molar-refractivity contribution in [3.8, 4) is 0 Å². The summed E-state index contributed by atoms with van der Waals surface area (Å²) in [5.74, 6) is 0.986. The maximum Gasteiger partial charge on any atom is 0.407 e. The van der Waals surface area contributed by atoms with E-state index in [1.807, 2.05) is 0 Å². The zero-order valence-electron chi connectivity index (χ0n) is 22.7. The Morgan fingerprint density at radius 1 is 0.846 bits per heavy atom. The third-order valence-electron chi connectivity index (χ3n) is 7.97. The summed E-state index contributed by atoms with van der Waals surface area (Å²) >= 11 is 0. The van der Waals surface area contributed by atoms with Crippen molar-refractivity contribution in [2.75, 3.05) is 26.3 Å². The lowest BCUT2D eigenvalue weighted by Gasteiger charge is -2.30. The predicted molar refractivity (Wildman–Crippen MR) is 145 cm³/mol. The van der Waals surface area contributed by atoms with Gasteiger partial charge in [-0.3, -0.25) is 9.59 Å². The lowest BCUT2D eigenvalue weighted by molar-refractivity contribution is -0.128. The normalized spacial score (nSPS) is 23.9. The molecule has 2 heterocycles. The summed E-state index contributed by atoms with van der Waals surface area (Å²) in [5.41, 5.74) is 2.80. The van der Waals surface area contributed by atoms with Crippen molar-refractivity contribution in [1.29, 1.82) is 0 Å². The second-order valence-corrected chi connectivity index (χ2v) is 10.9. The van der Waals surface area contributed by atoms with Gasteiger partial charge in [0.1, 0.15) is 12.1 Å². The molecule has 4 atom stereocenters. The zero-order valence-corrected chi connectivity index (χ0v) is 22.7. The molecule has 0 spiro atoms. The molecule has 0 aromatic heterocycles. The van der Waals surface area contributed by atoms with E-state index in [0.717, 1.165) is 44.9 Å². The highest BCUT2D eigenvalue weighted by Crippen LogP contribution is 2.38. The van der Waals surface area contributed by atoms with Crippen molar-refractivity contribution in [2.45, 2.75) is 88.6 Å². The molecule has 3 aliphatic rings. The summed E-state index contributed by atoms with van der Waals surface area (Å²) in [4.78, 5) is 45.8. The van der Waals surface area contributed by atoms with Gasteiger partial charge in [0.15, 0.2) is 0 Å². The van der Waals surface area contributed by atoms with E-state index in [2.05, 4.69) is 45.5 Å². The molecular weight excluding hydrogens is 500 g/mol. The first-order valence-electron chi connectivity index (χ1n) is 14.5. The minimum Gasteiger partial charge on any atom is -0.450 e. The Morgan fingerprint density at radius 3 is 2.13 bits per heavy atom. The van der Waals surface area contributed by atoms with Gasteiger partial charge in [-0.25, -0.2) is 9.59 Å². The fraction of sp³-hybridized carbons (Fsp3) is 0.655. The number of unbranched alkanes of at least 4 members (excludes halogenated alkanes) is 3. The summed E-state index contributed by atoms with van der Waals surface area (Å²) in [6.07, 6.45) is 10.8. The standard InChI is InChI=1S/C29H42N4O6/c34-26-24(18-30-26)32-28(36)38-14-4-1-2-8-20-10-6-12-22(16-20)23-13-7-11-21(17-23)9-3-5-15-39-29(37)33-25-19-31-27(25)35/h6,10,12,16,21,23-25H,1-5,7-9,11,13-15,17-19H2,(H,30,34)(H,31,35)(H,32,36)(H,33,37)/t21?,23?,24-,25+/m1/s1. The highest BCUT2D eigenvalue weighted by Gasteiger charge is 2.30. The molecule has 39 heavy (non-hydrogen) atoms. The largest absolute Gasteiger partial charge is 0.450 e. The molecule has 4 N–H and O–H groups in total. The Labute approximate surface area is 230 Å². The van der Waals surface area contributed by atoms with Crippen LogP contribution >= 0.6 is 0 Å². The average molecular weight is 543 g/mol. The van der Waals surface area contributed by atoms with Crippen LogP contribution in [0.25, 0.3) is 0 Å². The monoisotopic (exact) mass is 542 g/mol. The van der Waals surface area contributed by atoms with Gasteiger partial charge < -0.3 is 30.7 Å². The maximum atomic E-state index is 11.7. The van der Waals surface area contributed by atoms with Crippen LogP contribution < -0.4 is 21.3 Å². The Balaban J connectivity index is 1.06. The van der Waals surface area contributed by atoms with E-state index < -0.39 is 24.3 Å². The van der Waals surface area contributed by atoms with Crippen LogP contribution in [0.5, 0.6) is 0 Å². The van der Waals surface area contributed by atoms with Gasteiger partial charge in [-0.05, 0) is 74.3 Å². The lowest BCUT2D eigenvalue weighted by Crippen LogP contribution is -2.61. The molecule has 4 rings (SSSR count). The van der Waals surface area contributed by atoms with Gasteiger partial charge in [0, 0.05) is 13.1 Å². The van der Waals surface area contributed by atoms with E-state index in [4.69, 9.17) is 9.47 Å². The van der Waals surface area contributed by atoms with Crippen LogP contribution in [-0.4, -0.2) is 62.4 Å². The van der Waals surface area contributed by atoms with E-state index >= 15 is 0 Å². The first-order valence-corrected chi connectivity index (χ1v) is 14.5. The minimum atomic E-state index is -0.523. The van der Waals surface area contributed by atoms with Crippen LogP contribution in [0.3, 0.4) is 0 Å². The summed E-state index contributed by atoms with van der Waals surface area (Å²) < 4.78 is 10.4. The first-order chi connectivity index (χ1) is 19.0. The van der Waals surface area contributed by atoms with Crippen molar-refractivity contribution < 1.29 is 28.7 Å². The van der Waals surface area contributed by atoms with Gasteiger partial charge in [0.25, 0.3) is 0 Å². The van der Waals surface area contributed by atoms with Crippen molar-refractivity contribution in [3.63, 3.8) is 0 Å². The Kier molecular flexibility index (Phi) is 10.9. The molecule has 0 bridgehead atoms. The Bertz CT molecular complexity index is 1000. The van der Waals surface area contributed by atoms with Gasteiger partial charge in [-0.2, -0.15) is 0 Å². The van der Waals surface area contributed by atoms with Crippen LogP contribution in [0, 0.1) is 5.92 Å². The number of amides is 4. The van der Waals surface area contributed by atoms with Crippen LogP contribution in [0.15, 0.2) is 24.3 Å². The van der Waals surface area contributed by atoms with Gasteiger partial charge >= 0.3 is 12.2 Å². The zero-order chi connectivity index (χ0) is 27.5. The van der Waals surface area contributed by atoms with E-state index in [9.17, 15) is 19.2 Å². The number of alkyl carbamates (subject to hydrolysis) is 2. The molecule has 10 nitrogen and oxygen atoms in total. The molecule has 2 unspecified atom stereocenters. The minimum absolute atomic E-state index is 0.157. The number of hydrogen-bond donors (Lipinski definition) is 4. The number of carbonyl (C=O) groups is 4. The third kappa shape index (κ3) is 9.14. The summed E-state index contributed by atoms with van der Waals surface area (Å²) in [6.45, 7) is 1.69. The number of nitrogens with one attached hydrogen (secondary N) is 4. The van der Waals surface area contributed by atoms with Crippen molar-refractivity contribution in [2.24, 2.45) is 5.92 Å². The summed E-state index contributed by atoms with van der Waals surface area (Å²) in [7, 11) is 0. The lowest BCUT2D eigenvalue weighted by atomic mass is 9.76. The van der Waals surface area contributed by atoms with Gasteiger partial charge in [0.2, 0.25) is 11.8 Å². The molecular formula is C29H42N4O6. The van der Waals surface area contributed by atoms with Crippen LogP contribution in [0.2, 0.25) is 0 Å². The van der Waals surface area contributed by atoms with Gasteiger partial charge in [-0.15, -0.1) is 0 Å². The number of aryl methyl sites for hydroxylation is 1. The second-order valence-electron chi connectivity index (χ2n) is 10.9. The Hall–Kier alpha value is -3.30. The molecule has 1 aromatic rings. The Morgan fingerprint density at radius 2 is 1.51 bits per heavy atom. The fourth-order valence-electron chi connectivity index (χ4n) is 5.51. The average Bonchev–Trinajstić information content (AvgIpc) is 2.95. The molecule has 2 saturated heterocycles. The molecule has 3 fully saturated rings. The van der Waals surface area contributed by atoms with E-state index in [-0.39, 0.29) is 11.8 Å². The van der Waals surface area contributed by atoms with Gasteiger partial charge in [-0.1, -0.05) is 43.5 Å². The summed E-state index contributed by atoms with van der Waals surface area (Å²) in [6, 6.07) is 8.11. The number of hydrogen-bond acceptors (Lipinski definition) is 6. The molecule has 1 saturated carbocycles. The van der Waals surface area contributed by atoms with Crippen LogP contribution in [0.1, 0.15) is 81.3 Å². The van der Waals surface area contributed by atoms with Crippen LogP contribution in [0.4, 0.5) is 9.59 Å². The van der Waals surface area contributed by atoms with E-state index in [0.29, 0.717) is 38.1 Å². The molecule has 0 radical (unpaired) electrons. The highest BCUT2D eigenvalue weighted by atomic mass is 16.6. The molecule has 1 aromatic carbocycles. The SMILES string of the molecule is O=C(N[C@H]1CNC1=O)OCCCCC1CCCC(c2cccc(CCCCCOC(=O)N[C@@H]3CNC3=O)c2)C1. The second kappa shape index (κ2) is 14.7. The third-order valence-corrected chi connectivity index (χ3v) is 7.97. The quantitative estimate of drug-likeness (QED) is 0.211. The number of ether oxygens (including phenoxy) is 2. The molecule has 214 valence electrons. The first kappa shape index (κ1) is 28.7. The smallest absolute Gasteiger partial charge is 0.407 e. The van der Waals surface area contributed by atoms with E-state index in [1.54, 1.807) is 0 Å². The van der Waals surface area contributed by atoms with Crippen LogP contribution in [-0.2, 0) is 25.5 Å². The molecule has 1 aliphatic carbocycles. The molecule has 2 aliphatic heterocycles. The highest BCUT2D eigenvalue weighted by molar-refractivity contribution is 5.91. The molecule has 10 heteroatoms. The maximum absolute atomic E-state index is 11.7. The fourth-order valence-corrected chi connectivity index (χ4v) is 5.51. The van der Waals surface area contributed by atoms with Crippen molar-refractivity contribution in [1.82, 2.24) is 21.3 Å². The van der Waals surface area contributed by atoms with Gasteiger partial charge in [0.05, 0.1) is 13.2 Å². The predicted octanol–water partition coefficient (Wildman–Crippen LogP) is 3.29. The molecule has 4 amide bonds. The number of β-lactam (4-membered cyclic amide) rings is 2. The number of rotatable bonds is 14. The van der Waals surface area contributed by atoms with E-state index in [1.165, 1.54) is 36.8 Å². The topological polar surface area (TPSA) is 135 Å². The summed E-state index contributed by atoms with van der Waals surface area (Å²) in [5, 5.41) is 10.3. The van der Waals surface area contributed by atoms with Crippen molar-refractivity contribution >= 4 is 24.0 Å². The van der Waals surface area contributed by atoms with Crippen molar-refractivity contribution in [3.05, 3.63) is 35.4 Å². The number of carbonyl (C=O) groups excluding carboxylic acids is 4.